The zero-order valence-corrected chi connectivity index (χ0v) is 25.4. The Morgan fingerprint density at radius 2 is 1.63 bits per heavy atom. The normalized spacial score (nSPS) is 29.7. The van der Waals surface area contributed by atoms with Gasteiger partial charge in [-0.1, -0.05) is 63.4 Å². The van der Waals surface area contributed by atoms with Crippen LogP contribution in [0.15, 0.2) is 76.8 Å². The smallest absolute Gasteiger partial charge is 0.250 e. The Bertz CT molecular complexity index is 1600. The zero-order chi connectivity index (χ0) is 28.6. The van der Waals surface area contributed by atoms with Gasteiger partial charge in [-0.15, -0.1) is 0 Å². The number of amides is 1. The molecule has 3 aromatic carbocycles. The molecule has 0 radical (unpaired) electrons. The number of hydrogen-bond donors (Lipinski definition) is 1. The van der Waals surface area contributed by atoms with Gasteiger partial charge in [-0.2, -0.15) is 0 Å². The summed E-state index contributed by atoms with van der Waals surface area (Å²) in [4.78, 5) is 31.8. The summed E-state index contributed by atoms with van der Waals surface area (Å²) in [5, 5.41) is 4.34. The van der Waals surface area contributed by atoms with Gasteiger partial charge in [-0.3, -0.25) is 14.5 Å². The Morgan fingerprint density at radius 1 is 0.976 bits per heavy atom. The molecule has 0 bridgehead atoms. The van der Waals surface area contributed by atoms with Crippen LogP contribution in [-0.2, 0) is 24.6 Å². The number of nitrogens with zero attached hydrogens (tertiary/aromatic N) is 1. The fourth-order valence-electron chi connectivity index (χ4n) is 7.70. The molecule has 210 valence electrons. The number of likely N-dealkylation sites (N-methyl/N-ethyl adjacent to an activating group) is 1. The summed E-state index contributed by atoms with van der Waals surface area (Å²) in [5.41, 5.74) is 1.23. The third kappa shape index (κ3) is 3.94. The zero-order valence-electron chi connectivity index (χ0n) is 22.3. The molecular weight excluding hydrogens is 627 g/mol. The van der Waals surface area contributed by atoms with Crippen molar-refractivity contribution < 1.29 is 19.1 Å². The predicted octanol–water partition coefficient (Wildman–Crippen LogP) is 6.81. The number of fused-ring (bicyclic) bond motifs is 3. The molecule has 1 aliphatic carbocycles. The van der Waals surface area contributed by atoms with Crippen LogP contribution in [0.5, 0.6) is 0 Å². The second kappa shape index (κ2) is 9.76. The molecule has 3 aliphatic heterocycles. The van der Waals surface area contributed by atoms with E-state index in [1.54, 1.807) is 12.1 Å². The number of carbonyl (C=O) groups is 2. The van der Waals surface area contributed by atoms with Crippen LogP contribution in [0.2, 0.25) is 10.0 Å². The summed E-state index contributed by atoms with van der Waals surface area (Å²) in [5.74, 6) is -1.71. The van der Waals surface area contributed by atoms with E-state index in [0.717, 1.165) is 21.2 Å². The summed E-state index contributed by atoms with van der Waals surface area (Å²) in [6.07, 6.45) is 2.41. The molecule has 41 heavy (non-hydrogen) atoms. The van der Waals surface area contributed by atoms with Crippen LogP contribution >= 0.6 is 39.1 Å². The van der Waals surface area contributed by atoms with Crippen molar-refractivity contribution in [2.45, 2.75) is 30.1 Å². The lowest BCUT2D eigenvalue weighted by Gasteiger charge is -2.52. The van der Waals surface area contributed by atoms with E-state index >= 15 is 4.79 Å². The molecule has 1 amide bonds. The van der Waals surface area contributed by atoms with Crippen LogP contribution in [0.4, 0.5) is 5.69 Å². The maximum atomic E-state index is 15.3. The Kier molecular flexibility index (Phi) is 6.51. The molecule has 2 saturated heterocycles. The average Bonchev–Trinajstić information content (AvgIpc) is 3.59. The van der Waals surface area contributed by atoms with Crippen molar-refractivity contribution in [1.29, 1.82) is 0 Å². The van der Waals surface area contributed by atoms with Crippen LogP contribution in [0.3, 0.4) is 0 Å². The first-order valence-electron chi connectivity index (χ1n) is 13.6. The summed E-state index contributed by atoms with van der Waals surface area (Å²) in [6.45, 7) is 1.31. The highest BCUT2D eigenvalue weighted by molar-refractivity contribution is 9.10. The number of likely N-dealkylation sites (tertiary alicyclic amines) is 1. The molecule has 6 nitrogen and oxygen atoms in total. The molecule has 1 saturated carbocycles. The molecule has 0 aromatic heterocycles. The van der Waals surface area contributed by atoms with Gasteiger partial charge < -0.3 is 14.8 Å². The van der Waals surface area contributed by atoms with Gasteiger partial charge in [0.25, 0.3) is 5.91 Å². The minimum atomic E-state index is -1.31. The Morgan fingerprint density at radius 3 is 2.32 bits per heavy atom. The fourth-order valence-corrected chi connectivity index (χ4v) is 8.32. The Labute approximate surface area is 256 Å². The van der Waals surface area contributed by atoms with Crippen molar-refractivity contribution in [3.63, 3.8) is 0 Å². The van der Waals surface area contributed by atoms with Crippen LogP contribution < -0.4 is 5.32 Å². The van der Waals surface area contributed by atoms with Gasteiger partial charge in [0.2, 0.25) is 0 Å². The van der Waals surface area contributed by atoms with Gasteiger partial charge in [0, 0.05) is 56.6 Å². The lowest BCUT2D eigenvalue weighted by atomic mass is 9.52. The van der Waals surface area contributed by atoms with Crippen molar-refractivity contribution >= 4 is 62.6 Å². The van der Waals surface area contributed by atoms with Crippen molar-refractivity contribution in [1.82, 2.24) is 4.90 Å². The summed E-state index contributed by atoms with van der Waals surface area (Å²) in [6, 6.07) is 20.7. The third-order valence-corrected chi connectivity index (χ3v) is 10.2. The summed E-state index contributed by atoms with van der Waals surface area (Å²) < 4.78 is 13.6. The van der Waals surface area contributed by atoms with E-state index in [1.165, 1.54) is 0 Å². The number of nitrogens with one attached hydrogen (secondary N) is 1. The number of halogens is 3. The first kappa shape index (κ1) is 27.3. The van der Waals surface area contributed by atoms with E-state index in [9.17, 15) is 4.79 Å². The molecule has 3 fully saturated rings. The average molecular weight is 654 g/mol. The molecule has 4 aliphatic rings. The highest BCUT2D eigenvalue weighted by Gasteiger charge is 2.77. The van der Waals surface area contributed by atoms with Gasteiger partial charge in [-0.25, -0.2) is 0 Å². The minimum absolute atomic E-state index is 0.0792. The van der Waals surface area contributed by atoms with Crippen LogP contribution in [-0.4, -0.2) is 49.2 Å². The van der Waals surface area contributed by atoms with Gasteiger partial charge in [0.1, 0.15) is 5.54 Å². The second-order valence-corrected chi connectivity index (χ2v) is 13.1. The third-order valence-electron chi connectivity index (χ3n) is 9.22. The quantitative estimate of drug-likeness (QED) is 0.308. The first-order chi connectivity index (χ1) is 19.7. The molecular formula is C32H27BrCl2N2O4. The second-order valence-electron chi connectivity index (χ2n) is 11.3. The topological polar surface area (TPSA) is 67.9 Å². The maximum absolute atomic E-state index is 15.3. The number of hydrogen-bond acceptors (Lipinski definition) is 5. The van der Waals surface area contributed by atoms with E-state index in [2.05, 4.69) is 21.2 Å². The summed E-state index contributed by atoms with van der Waals surface area (Å²) >= 11 is 16.1. The molecule has 3 atom stereocenters. The fraction of sp³-hybridized carbons (Fsp3) is 0.312. The molecule has 3 spiro atoms. The van der Waals surface area contributed by atoms with Gasteiger partial charge in [0.15, 0.2) is 11.6 Å². The van der Waals surface area contributed by atoms with E-state index < -0.39 is 16.7 Å². The number of anilines is 1. The number of rotatable bonds is 2. The molecule has 1 N–H and O–H groups in total. The number of ether oxygens (including phenoxy) is 2. The number of ketones is 1. The van der Waals surface area contributed by atoms with Gasteiger partial charge in [0.05, 0.1) is 18.6 Å². The SMILES string of the molecule is CN1CC(c2ccc(Cl)cc2)C2(CC3(C/C(=C\c4ccc(Cl)cc4)C2=O)OCCO3)C12C(=O)Nc1ccc(Br)cc12. The van der Waals surface area contributed by atoms with Crippen LogP contribution in [0.25, 0.3) is 6.08 Å². The monoisotopic (exact) mass is 652 g/mol. The molecule has 3 unspecified atom stereocenters. The number of carbonyl (C=O) groups excluding carboxylic acids is 2. The van der Waals surface area contributed by atoms with Crippen molar-refractivity contribution in [3.8, 4) is 0 Å². The van der Waals surface area contributed by atoms with E-state index in [4.69, 9.17) is 32.7 Å². The highest BCUT2D eigenvalue weighted by Crippen LogP contribution is 2.68. The number of Topliss-reactive ketones (excluding diaryl/α,β-unsaturated/α-hetero) is 1. The maximum Gasteiger partial charge on any atom is 0.250 e. The van der Waals surface area contributed by atoms with E-state index in [-0.39, 0.29) is 30.4 Å². The largest absolute Gasteiger partial charge is 0.347 e. The molecule has 3 aromatic rings. The molecule has 7 rings (SSSR count). The highest BCUT2D eigenvalue weighted by atomic mass is 79.9. The number of benzene rings is 3. The van der Waals surface area contributed by atoms with E-state index in [1.807, 2.05) is 72.6 Å². The van der Waals surface area contributed by atoms with Crippen LogP contribution in [0, 0.1) is 5.41 Å². The van der Waals surface area contributed by atoms with Gasteiger partial charge in [-0.05, 0) is 66.7 Å². The summed E-state index contributed by atoms with van der Waals surface area (Å²) in [7, 11) is 1.93. The lowest BCUT2D eigenvalue weighted by Crippen LogP contribution is -2.63. The molecule has 3 heterocycles. The minimum Gasteiger partial charge on any atom is -0.347 e. The lowest BCUT2D eigenvalue weighted by molar-refractivity contribution is -0.203. The standard InChI is InChI=1S/C32H27BrCl2N2O4/c1-37-17-26(20-4-9-24(35)10-5-20)31(32(37)25-15-22(33)6-11-27(25)36-29(32)39)18-30(40-12-13-41-30)16-21(28(31)38)14-19-2-7-23(34)8-3-19/h2-11,14-15,26H,12-13,16-18H2,1H3,(H,36,39)/b21-14+. The van der Waals surface area contributed by atoms with Crippen molar-refractivity contribution in [2.75, 3.05) is 32.1 Å². The van der Waals surface area contributed by atoms with Crippen molar-refractivity contribution in [3.05, 3.63) is 104 Å². The van der Waals surface area contributed by atoms with Crippen molar-refractivity contribution in [2.24, 2.45) is 5.41 Å². The van der Waals surface area contributed by atoms with Gasteiger partial charge >= 0.3 is 0 Å². The molecule has 9 heteroatoms. The Hall–Kier alpha value is -2.52. The first-order valence-corrected chi connectivity index (χ1v) is 15.1. The van der Waals surface area contributed by atoms with E-state index in [0.29, 0.717) is 41.1 Å². The van der Waals surface area contributed by atoms with Crippen LogP contribution in [0.1, 0.15) is 35.4 Å². The Balaban J connectivity index is 1.53. The predicted molar refractivity (Wildman–Crippen MR) is 162 cm³/mol.